The average Bonchev–Trinajstić information content (AvgIpc) is 3.09. The summed E-state index contributed by atoms with van der Waals surface area (Å²) < 4.78 is 8.38. The second-order valence-electron chi connectivity index (χ2n) is 5.49. The number of thioether (sulfide) groups is 1. The van der Waals surface area contributed by atoms with Gasteiger partial charge in [-0.25, -0.2) is 4.98 Å². The Morgan fingerprint density at radius 2 is 2.00 bits per heavy atom. The van der Waals surface area contributed by atoms with Crippen LogP contribution in [0.3, 0.4) is 0 Å². The van der Waals surface area contributed by atoms with Gasteiger partial charge in [-0.1, -0.05) is 45.9 Å². The van der Waals surface area contributed by atoms with Crippen LogP contribution in [0.1, 0.15) is 5.56 Å². The average molecular weight is 432 g/mol. The number of ether oxygens (including phenoxy) is 1. The Bertz CT molecular complexity index is 881. The van der Waals surface area contributed by atoms with Crippen LogP contribution in [-0.2, 0) is 11.3 Å². The van der Waals surface area contributed by atoms with Crippen molar-refractivity contribution >= 4 is 39.3 Å². The molecular formula is C19H18BrN3O2S. The van der Waals surface area contributed by atoms with Gasteiger partial charge in [-0.15, -0.1) is 0 Å². The van der Waals surface area contributed by atoms with Crippen LogP contribution < -0.4 is 10.1 Å². The highest BCUT2D eigenvalue weighted by molar-refractivity contribution is 9.10. The van der Waals surface area contributed by atoms with E-state index in [1.54, 1.807) is 13.3 Å². The number of nitrogens with one attached hydrogen (secondary N) is 1. The minimum atomic E-state index is -0.0656. The summed E-state index contributed by atoms with van der Waals surface area (Å²) in [4.78, 5) is 16.5. The molecule has 2 aromatic carbocycles. The van der Waals surface area contributed by atoms with Gasteiger partial charge in [0.2, 0.25) is 5.91 Å². The number of nitrogens with zero attached hydrogens (tertiary/aromatic N) is 2. The van der Waals surface area contributed by atoms with Crippen LogP contribution in [0.15, 0.2) is 70.6 Å². The lowest BCUT2D eigenvalue weighted by atomic mass is 10.2. The highest BCUT2D eigenvalue weighted by Gasteiger charge is 2.10. The molecule has 26 heavy (non-hydrogen) atoms. The summed E-state index contributed by atoms with van der Waals surface area (Å²) in [6, 6.07) is 15.4. The Kier molecular flexibility index (Phi) is 6.35. The predicted octanol–water partition coefficient (Wildman–Crippen LogP) is 4.43. The van der Waals surface area contributed by atoms with Crippen molar-refractivity contribution in [2.75, 3.05) is 18.2 Å². The number of carbonyl (C=O) groups is 1. The number of amides is 1. The summed E-state index contributed by atoms with van der Waals surface area (Å²) in [6.07, 6.45) is 3.64. The molecule has 0 unspecified atom stereocenters. The molecule has 1 heterocycles. The molecule has 0 aliphatic rings. The Hall–Kier alpha value is -2.25. The summed E-state index contributed by atoms with van der Waals surface area (Å²) in [7, 11) is 1.66. The van der Waals surface area contributed by atoms with Crippen LogP contribution in [0, 0.1) is 0 Å². The van der Waals surface area contributed by atoms with Gasteiger partial charge in [-0.2, -0.15) is 0 Å². The SMILES string of the molecule is COc1ccccc1Cn1ccnc1SCC(=O)Nc1ccc(Br)cc1. The molecular weight excluding hydrogens is 414 g/mol. The van der Waals surface area contributed by atoms with E-state index >= 15 is 0 Å². The van der Waals surface area contributed by atoms with Gasteiger partial charge in [-0.05, 0) is 30.3 Å². The smallest absolute Gasteiger partial charge is 0.234 e. The molecule has 0 spiro atoms. The molecule has 0 aliphatic carbocycles. The van der Waals surface area contributed by atoms with Crippen molar-refractivity contribution in [2.45, 2.75) is 11.7 Å². The normalized spacial score (nSPS) is 10.5. The number of rotatable bonds is 7. The van der Waals surface area contributed by atoms with Gasteiger partial charge in [0.15, 0.2) is 5.16 Å². The Morgan fingerprint density at radius 3 is 2.77 bits per heavy atom. The molecule has 0 saturated heterocycles. The summed E-state index contributed by atoms with van der Waals surface area (Å²) in [6.45, 7) is 0.640. The lowest BCUT2D eigenvalue weighted by molar-refractivity contribution is -0.113. The van der Waals surface area contributed by atoms with E-state index < -0.39 is 0 Å². The lowest BCUT2D eigenvalue weighted by Crippen LogP contribution is -2.14. The summed E-state index contributed by atoms with van der Waals surface area (Å²) in [5.74, 6) is 1.06. The lowest BCUT2D eigenvalue weighted by Gasteiger charge is -2.11. The van der Waals surface area contributed by atoms with Crippen molar-refractivity contribution in [3.63, 3.8) is 0 Å². The minimum absolute atomic E-state index is 0.0656. The number of anilines is 1. The molecule has 0 aliphatic heterocycles. The largest absolute Gasteiger partial charge is 0.496 e. The van der Waals surface area contributed by atoms with Gasteiger partial charge in [0, 0.05) is 28.1 Å². The molecule has 3 rings (SSSR count). The molecule has 134 valence electrons. The van der Waals surface area contributed by atoms with Crippen molar-refractivity contribution in [1.82, 2.24) is 9.55 Å². The molecule has 1 aromatic heterocycles. The van der Waals surface area contributed by atoms with E-state index in [2.05, 4.69) is 26.2 Å². The molecule has 3 aromatic rings. The number of imidazole rings is 1. The molecule has 0 atom stereocenters. The molecule has 1 N–H and O–H groups in total. The second kappa shape index (κ2) is 8.91. The van der Waals surface area contributed by atoms with Crippen molar-refractivity contribution in [2.24, 2.45) is 0 Å². The van der Waals surface area contributed by atoms with Crippen LogP contribution in [0.2, 0.25) is 0 Å². The zero-order chi connectivity index (χ0) is 18.4. The van der Waals surface area contributed by atoms with E-state index in [4.69, 9.17) is 4.74 Å². The fourth-order valence-corrected chi connectivity index (χ4v) is 3.46. The zero-order valence-electron chi connectivity index (χ0n) is 14.2. The quantitative estimate of drug-likeness (QED) is 0.562. The maximum Gasteiger partial charge on any atom is 0.234 e. The van der Waals surface area contributed by atoms with Crippen molar-refractivity contribution in [1.29, 1.82) is 0 Å². The maximum absolute atomic E-state index is 12.2. The van der Waals surface area contributed by atoms with Gasteiger partial charge in [0.25, 0.3) is 0 Å². The van der Waals surface area contributed by atoms with E-state index in [-0.39, 0.29) is 5.91 Å². The topological polar surface area (TPSA) is 56.2 Å². The summed E-state index contributed by atoms with van der Waals surface area (Å²) in [5, 5.41) is 3.67. The number of hydrogen-bond acceptors (Lipinski definition) is 4. The number of aromatic nitrogens is 2. The third-order valence-corrected chi connectivity index (χ3v) is 5.20. The summed E-state index contributed by atoms with van der Waals surface area (Å²) in [5.41, 5.74) is 1.84. The summed E-state index contributed by atoms with van der Waals surface area (Å²) >= 11 is 4.78. The van der Waals surface area contributed by atoms with Gasteiger partial charge >= 0.3 is 0 Å². The van der Waals surface area contributed by atoms with Gasteiger partial charge in [0.1, 0.15) is 5.75 Å². The second-order valence-corrected chi connectivity index (χ2v) is 7.35. The first-order chi connectivity index (χ1) is 12.7. The highest BCUT2D eigenvalue weighted by Crippen LogP contribution is 2.22. The number of hydrogen-bond donors (Lipinski definition) is 1. The standard InChI is InChI=1S/C19H18BrN3O2S/c1-25-17-5-3-2-4-14(17)12-23-11-10-21-19(23)26-13-18(24)22-16-8-6-15(20)7-9-16/h2-11H,12-13H2,1H3,(H,22,24). The Balaban J connectivity index is 1.60. The number of benzene rings is 2. The van der Waals surface area contributed by atoms with Crippen LogP contribution in [0.5, 0.6) is 5.75 Å². The molecule has 0 bridgehead atoms. The first kappa shape index (κ1) is 18.5. The Labute approximate surface area is 164 Å². The molecule has 1 amide bonds. The van der Waals surface area contributed by atoms with Gasteiger partial charge < -0.3 is 14.6 Å². The molecule has 5 nitrogen and oxygen atoms in total. The van der Waals surface area contributed by atoms with E-state index in [0.717, 1.165) is 26.6 Å². The minimum Gasteiger partial charge on any atom is -0.496 e. The van der Waals surface area contributed by atoms with E-state index in [1.165, 1.54) is 11.8 Å². The number of halogens is 1. The molecule has 0 fully saturated rings. The van der Waals surface area contributed by atoms with E-state index in [9.17, 15) is 4.79 Å². The van der Waals surface area contributed by atoms with Crippen LogP contribution >= 0.6 is 27.7 Å². The number of para-hydroxylation sites is 1. The predicted molar refractivity (Wildman–Crippen MR) is 108 cm³/mol. The monoisotopic (exact) mass is 431 g/mol. The maximum atomic E-state index is 12.2. The van der Waals surface area contributed by atoms with Gasteiger partial charge in [-0.3, -0.25) is 4.79 Å². The van der Waals surface area contributed by atoms with Crippen molar-refractivity contribution < 1.29 is 9.53 Å². The highest BCUT2D eigenvalue weighted by atomic mass is 79.9. The van der Waals surface area contributed by atoms with Gasteiger partial charge in [0.05, 0.1) is 19.4 Å². The molecule has 0 saturated carbocycles. The molecule has 7 heteroatoms. The van der Waals surface area contributed by atoms with Crippen LogP contribution in [0.25, 0.3) is 0 Å². The van der Waals surface area contributed by atoms with E-state index in [0.29, 0.717) is 12.3 Å². The fraction of sp³-hybridized carbons (Fsp3) is 0.158. The Morgan fingerprint density at radius 1 is 1.23 bits per heavy atom. The fourth-order valence-electron chi connectivity index (χ4n) is 2.43. The first-order valence-corrected chi connectivity index (χ1v) is 9.75. The van der Waals surface area contributed by atoms with Crippen LogP contribution in [0.4, 0.5) is 5.69 Å². The van der Waals surface area contributed by atoms with E-state index in [1.807, 2.05) is 59.3 Å². The zero-order valence-corrected chi connectivity index (χ0v) is 16.6. The molecule has 0 radical (unpaired) electrons. The number of methoxy groups -OCH3 is 1. The third kappa shape index (κ3) is 4.89. The third-order valence-electron chi connectivity index (χ3n) is 3.67. The van der Waals surface area contributed by atoms with Crippen molar-refractivity contribution in [3.05, 3.63) is 71.0 Å². The first-order valence-electron chi connectivity index (χ1n) is 7.97. The van der Waals surface area contributed by atoms with Crippen LogP contribution in [-0.4, -0.2) is 28.3 Å². The van der Waals surface area contributed by atoms with Crippen molar-refractivity contribution in [3.8, 4) is 5.75 Å². The number of carbonyl (C=O) groups excluding carboxylic acids is 1.